The van der Waals surface area contributed by atoms with Crippen molar-refractivity contribution in [1.29, 1.82) is 0 Å². The van der Waals surface area contributed by atoms with Gasteiger partial charge in [-0.3, -0.25) is 9.78 Å². The van der Waals surface area contributed by atoms with Crippen molar-refractivity contribution in [3.05, 3.63) is 48.3 Å². The summed E-state index contributed by atoms with van der Waals surface area (Å²) in [7, 11) is 1.70. The summed E-state index contributed by atoms with van der Waals surface area (Å²) in [6.45, 7) is 4.84. The Kier molecular flexibility index (Phi) is 6.14. The van der Waals surface area contributed by atoms with Crippen LogP contribution in [0.1, 0.15) is 23.2 Å². The lowest BCUT2D eigenvalue weighted by Crippen LogP contribution is -2.46. The van der Waals surface area contributed by atoms with Crippen LogP contribution in [0.25, 0.3) is 0 Å². The van der Waals surface area contributed by atoms with Crippen LogP contribution in [0.2, 0.25) is 0 Å². The number of carbonyl (C=O) groups is 1. The van der Waals surface area contributed by atoms with Gasteiger partial charge < -0.3 is 24.6 Å². The van der Waals surface area contributed by atoms with Crippen molar-refractivity contribution in [2.45, 2.75) is 18.9 Å². The minimum absolute atomic E-state index is 0.0949. The molecule has 0 saturated carbocycles. The monoisotopic (exact) mass is 396 g/mol. The van der Waals surface area contributed by atoms with E-state index in [2.05, 4.69) is 26.2 Å². The van der Waals surface area contributed by atoms with Gasteiger partial charge >= 0.3 is 0 Å². The Balaban J connectivity index is 1.36. The maximum atomic E-state index is 12.5. The fourth-order valence-electron chi connectivity index (χ4n) is 3.94. The molecule has 29 heavy (non-hydrogen) atoms. The molecule has 7 nitrogen and oxygen atoms in total. The Labute approximate surface area is 171 Å². The average molecular weight is 396 g/mol. The summed E-state index contributed by atoms with van der Waals surface area (Å²) in [6.07, 6.45) is 5.67. The molecule has 0 radical (unpaired) electrons. The van der Waals surface area contributed by atoms with Gasteiger partial charge in [-0.15, -0.1) is 0 Å². The second kappa shape index (κ2) is 9.13. The molecule has 2 aliphatic rings. The highest BCUT2D eigenvalue weighted by Crippen LogP contribution is 2.29. The highest BCUT2D eigenvalue weighted by molar-refractivity contribution is 5.94. The predicted molar refractivity (Wildman–Crippen MR) is 113 cm³/mol. The standard InChI is InChI=1S/C22H28N4O3/c1-28-21-7-3-2-6-20(21)26-10-8-25(9-11-26)18-13-17(14-23-15-18)22(27)24-16-19-5-4-12-29-19/h2-3,6-7,13-15,19H,4-5,8-12,16H2,1H3,(H,24,27). The first-order valence-corrected chi connectivity index (χ1v) is 10.2. The van der Waals surface area contributed by atoms with E-state index in [1.54, 1.807) is 13.3 Å². The van der Waals surface area contributed by atoms with E-state index in [4.69, 9.17) is 9.47 Å². The molecule has 0 aliphatic carbocycles. The molecule has 1 aromatic carbocycles. The zero-order chi connectivity index (χ0) is 20.1. The molecule has 2 fully saturated rings. The molecule has 1 atom stereocenters. The summed E-state index contributed by atoms with van der Waals surface area (Å²) < 4.78 is 11.1. The van der Waals surface area contributed by atoms with Gasteiger partial charge in [0.25, 0.3) is 5.91 Å². The molecule has 1 amide bonds. The van der Waals surface area contributed by atoms with E-state index in [0.29, 0.717) is 12.1 Å². The van der Waals surface area contributed by atoms with Crippen molar-refractivity contribution in [2.24, 2.45) is 0 Å². The topological polar surface area (TPSA) is 66.9 Å². The van der Waals surface area contributed by atoms with Gasteiger partial charge in [-0.2, -0.15) is 0 Å². The van der Waals surface area contributed by atoms with E-state index in [1.165, 1.54) is 0 Å². The van der Waals surface area contributed by atoms with Crippen molar-refractivity contribution >= 4 is 17.3 Å². The number of nitrogens with one attached hydrogen (secondary N) is 1. The highest BCUT2D eigenvalue weighted by Gasteiger charge is 2.21. The van der Waals surface area contributed by atoms with Crippen LogP contribution in [-0.2, 0) is 4.74 Å². The Hall–Kier alpha value is -2.80. The fourth-order valence-corrected chi connectivity index (χ4v) is 3.94. The van der Waals surface area contributed by atoms with Crippen LogP contribution >= 0.6 is 0 Å². The molecule has 0 spiro atoms. The Morgan fingerprint density at radius 3 is 2.76 bits per heavy atom. The highest BCUT2D eigenvalue weighted by atomic mass is 16.5. The average Bonchev–Trinajstić information content (AvgIpc) is 3.31. The number of anilines is 2. The molecule has 1 N–H and O–H groups in total. The molecular weight excluding hydrogens is 368 g/mol. The Bertz CT molecular complexity index is 830. The number of pyridine rings is 1. The molecule has 1 aromatic heterocycles. The van der Waals surface area contributed by atoms with Crippen LogP contribution in [0.4, 0.5) is 11.4 Å². The number of rotatable bonds is 6. The van der Waals surface area contributed by atoms with Gasteiger partial charge in [0.05, 0.1) is 36.3 Å². The van der Waals surface area contributed by atoms with E-state index in [-0.39, 0.29) is 12.0 Å². The number of nitrogens with zero attached hydrogens (tertiary/aromatic N) is 3. The molecule has 4 rings (SSSR count). The van der Waals surface area contributed by atoms with Crippen molar-refractivity contribution in [3.63, 3.8) is 0 Å². The number of benzene rings is 1. The molecule has 2 saturated heterocycles. The van der Waals surface area contributed by atoms with Crippen molar-refractivity contribution < 1.29 is 14.3 Å². The molecular formula is C22H28N4O3. The van der Waals surface area contributed by atoms with Gasteiger partial charge in [0.1, 0.15) is 5.75 Å². The van der Waals surface area contributed by atoms with Gasteiger partial charge in [0, 0.05) is 45.5 Å². The summed E-state index contributed by atoms with van der Waals surface area (Å²) >= 11 is 0. The summed E-state index contributed by atoms with van der Waals surface area (Å²) in [5.74, 6) is 0.801. The van der Waals surface area contributed by atoms with Gasteiger partial charge in [-0.25, -0.2) is 0 Å². The zero-order valence-electron chi connectivity index (χ0n) is 16.8. The van der Waals surface area contributed by atoms with E-state index >= 15 is 0 Å². The van der Waals surface area contributed by atoms with Crippen LogP contribution < -0.4 is 19.9 Å². The van der Waals surface area contributed by atoms with Gasteiger partial charge in [0.15, 0.2) is 0 Å². The van der Waals surface area contributed by atoms with Gasteiger partial charge in [-0.05, 0) is 31.0 Å². The largest absolute Gasteiger partial charge is 0.495 e. The van der Waals surface area contributed by atoms with Crippen LogP contribution in [0.3, 0.4) is 0 Å². The molecule has 3 heterocycles. The van der Waals surface area contributed by atoms with E-state index in [0.717, 1.165) is 62.8 Å². The number of aromatic nitrogens is 1. The second-order valence-corrected chi connectivity index (χ2v) is 7.42. The SMILES string of the molecule is COc1ccccc1N1CCN(c2cncc(C(=O)NCC3CCCO3)c2)CC1. The molecule has 7 heteroatoms. The minimum Gasteiger partial charge on any atom is -0.495 e. The Morgan fingerprint density at radius 2 is 2.00 bits per heavy atom. The second-order valence-electron chi connectivity index (χ2n) is 7.42. The number of hydrogen-bond acceptors (Lipinski definition) is 6. The third-order valence-electron chi connectivity index (χ3n) is 5.57. The maximum Gasteiger partial charge on any atom is 0.253 e. The maximum absolute atomic E-state index is 12.5. The van der Waals surface area contributed by atoms with Crippen LogP contribution in [0, 0.1) is 0 Å². The zero-order valence-corrected chi connectivity index (χ0v) is 16.8. The van der Waals surface area contributed by atoms with Crippen LogP contribution in [0.5, 0.6) is 5.75 Å². The van der Waals surface area contributed by atoms with Crippen molar-refractivity contribution in [3.8, 4) is 5.75 Å². The summed E-state index contributed by atoms with van der Waals surface area (Å²) in [4.78, 5) is 21.4. The summed E-state index contributed by atoms with van der Waals surface area (Å²) in [6, 6.07) is 10.0. The molecule has 1 unspecified atom stereocenters. The number of amides is 1. The lowest BCUT2D eigenvalue weighted by molar-refractivity contribution is 0.0857. The molecule has 2 aromatic rings. The number of ether oxygens (including phenoxy) is 2. The first kappa shape index (κ1) is 19.5. The van der Waals surface area contributed by atoms with Crippen molar-refractivity contribution in [1.82, 2.24) is 10.3 Å². The van der Waals surface area contributed by atoms with Gasteiger partial charge in [0.2, 0.25) is 0 Å². The molecule has 154 valence electrons. The van der Waals surface area contributed by atoms with E-state index < -0.39 is 0 Å². The number of piperazine rings is 1. The summed E-state index contributed by atoms with van der Waals surface area (Å²) in [5.41, 5.74) is 2.69. The number of para-hydroxylation sites is 2. The minimum atomic E-state index is -0.0949. The Morgan fingerprint density at radius 1 is 1.21 bits per heavy atom. The van der Waals surface area contributed by atoms with Crippen LogP contribution in [0.15, 0.2) is 42.7 Å². The van der Waals surface area contributed by atoms with Crippen LogP contribution in [-0.4, -0.2) is 63.4 Å². The third-order valence-corrected chi connectivity index (χ3v) is 5.57. The first-order chi connectivity index (χ1) is 14.2. The van der Waals surface area contributed by atoms with Crippen molar-refractivity contribution in [2.75, 3.05) is 56.2 Å². The molecule has 0 bridgehead atoms. The number of carbonyl (C=O) groups excluding carboxylic acids is 1. The third kappa shape index (κ3) is 4.62. The predicted octanol–water partition coefficient (Wildman–Crippen LogP) is 2.33. The fraction of sp³-hybridized carbons (Fsp3) is 0.455. The lowest BCUT2D eigenvalue weighted by atomic mass is 10.2. The number of methoxy groups -OCH3 is 1. The number of hydrogen-bond donors (Lipinski definition) is 1. The van der Waals surface area contributed by atoms with Gasteiger partial charge in [-0.1, -0.05) is 12.1 Å². The first-order valence-electron chi connectivity index (χ1n) is 10.2. The summed E-state index contributed by atoms with van der Waals surface area (Å²) in [5, 5.41) is 2.97. The smallest absolute Gasteiger partial charge is 0.253 e. The normalized spacial score (nSPS) is 19.3. The lowest BCUT2D eigenvalue weighted by Gasteiger charge is -2.37. The van der Waals surface area contributed by atoms with E-state index in [9.17, 15) is 4.79 Å². The van der Waals surface area contributed by atoms with E-state index in [1.807, 2.05) is 30.5 Å². The molecule has 2 aliphatic heterocycles. The quantitative estimate of drug-likeness (QED) is 0.808.